The van der Waals surface area contributed by atoms with E-state index in [1.54, 1.807) is 0 Å². The molecule has 1 aromatic heterocycles. The number of nitrogens with zero attached hydrogens (tertiary/aromatic N) is 4. The van der Waals surface area contributed by atoms with Gasteiger partial charge in [0.1, 0.15) is 11.6 Å². The molecule has 0 atom stereocenters. The van der Waals surface area contributed by atoms with E-state index in [2.05, 4.69) is 58.0 Å². The fourth-order valence-electron chi connectivity index (χ4n) is 2.27. The van der Waals surface area contributed by atoms with Gasteiger partial charge in [-0.3, -0.25) is 0 Å². The molecular weight excluding hydrogens is 260 g/mol. The summed E-state index contributed by atoms with van der Waals surface area (Å²) in [5.74, 6) is 2.20. The van der Waals surface area contributed by atoms with E-state index in [4.69, 9.17) is 0 Å². The summed E-state index contributed by atoms with van der Waals surface area (Å²) < 4.78 is 0. The molecule has 110 valence electrons. The highest BCUT2D eigenvalue weighted by molar-refractivity contribution is 5.67. The molecule has 0 radical (unpaired) electrons. The number of rotatable bonds is 5. The van der Waals surface area contributed by atoms with Crippen LogP contribution in [0.15, 0.2) is 24.3 Å². The lowest BCUT2D eigenvalue weighted by Gasteiger charge is -2.20. The van der Waals surface area contributed by atoms with Crippen LogP contribution in [0.3, 0.4) is 0 Å². The topological polar surface area (TPSA) is 41.9 Å². The molecule has 0 amide bonds. The summed E-state index contributed by atoms with van der Waals surface area (Å²) in [5, 5.41) is 0. The van der Waals surface area contributed by atoms with Crippen molar-refractivity contribution in [3.8, 4) is 0 Å². The van der Waals surface area contributed by atoms with Crippen molar-refractivity contribution >= 4 is 17.8 Å². The van der Waals surface area contributed by atoms with E-state index < -0.39 is 0 Å². The van der Waals surface area contributed by atoms with E-state index in [1.165, 1.54) is 5.69 Å². The summed E-state index contributed by atoms with van der Waals surface area (Å²) in [6.45, 7) is 10.1. The predicted molar refractivity (Wildman–Crippen MR) is 88.2 cm³/mol. The van der Waals surface area contributed by atoms with Crippen LogP contribution in [0.2, 0.25) is 0 Å². The van der Waals surface area contributed by atoms with Gasteiger partial charge in [-0.15, -0.1) is 0 Å². The van der Waals surface area contributed by atoms with Gasteiger partial charge in [-0.1, -0.05) is 18.2 Å². The van der Waals surface area contributed by atoms with Crippen LogP contribution in [0.4, 0.5) is 5.69 Å². The highest BCUT2D eigenvalue weighted by Crippen LogP contribution is 2.16. The van der Waals surface area contributed by atoms with Gasteiger partial charge in [-0.25, -0.2) is 15.0 Å². The second-order valence-electron chi connectivity index (χ2n) is 4.89. The van der Waals surface area contributed by atoms with Crippen LogP contribution < -0.4 is 4.90 Å². The molecule has 21 heavy (non-hydrogen) atoms. The van der Waals surface area contributed by atoms with Crippen molar-refractivity contribution < 1.29 is 0 Å². The third-order valence-electron chi connectivity index (χ3n) is 3.32. The molecule has 4 nitrogen and oxygen atoms in total. The van der Waals surface area contributed by atoms with Gasteiger partial charge < -0.3 is 4.90 Å². The average Bonchev–Trinajstić information content (AvgIpc) is 2.47. The normalized spacial score (nSPS) is 11.0. The lowest BCUT2D eigenvalue weighted by Crippen LogP contribution is -2.21. The first kappa shape index (κ1) is 15.2. The van der Waals surface area contributed by atoms with Gasteiger partial charge in [0.2, 0.25) is 0 Å². The van der Waals surface area contributed by atoms with Gasteiger partial charge in [0.05, 0.1) is 0 Å². The zero-order valence-electron chi connectivity index (χ0n) is 13.2. The molecule has 0 saturated carbocycles. The predicted octanol–water partition coefficient (Wildman–Crippen LogP) is 3.51. The zero-order valence-corrected chi connectivity index (χ0v) is 13.2. The molecule has 0 aliphatic rings. The number of aromatic nitrogens is 3. The minimum atomic E-state index is 0.702. The molecule has 0 saturated heterocycles. The van der Waals surface area contributed by atoms with E-state index in [0.717, 1.165) is 30.3 Å². The van der Waals surface area contributed by atoms with E-state index >= 15 is 0 Å². The van der Waals surface area contributed by atoms with Crippen LogP contribution in [0.1, 0.15) is 36.9 Å². The second-order valence-corrected chi connectivity index (χ2v) is 4.89. The smallest absolute Gasteiger partial charge is 0.156 e. The molecule has 0 fully saturated rings. The van der Waals surface area contributed by atoms with Gasteiger partial charge in [0, 0.05) is 18.8 Å². The number of hydrogen-bond donors (Lipinski definition) is 0. The number of hydrogen-bond acceptors (Lipinski definition) is 4. The van der Waals surface area contributed by atoms with Crippen molar-refractivity contribution in [2.45, 2.75) is 27.7 Å². The third-order valence-corrected chi connectivity index (χ3v) is 3.32. The monoisotopic (exact) mass is 282 g/mol. The van der Waals surface area contributed by atoms with Crippen molar-refractivity contribution in [1.82, 2.24) is 15.0 Å². The lowest BCUT2D eigenvalue weighted by atomic mass is 10.2. The zero-order chi connectivity index (χ0) is 15.2. The Labute approximate surface area is 126 Å². The number of aryl methyl sites for hydroxylation is 2. The Balaban J connectivity index is 2.14. The van der Waals surface area contributed by atoms with Crippen molar-refractivity contribution in [2.24, 2.45) is 0 Å². The minimum Gasteiger partial charge on any atom is -0.372 e. The maximum atomic E-state index is 4.30. The van der Waals surface area contributed by atoms with Gasteiger partial charge >= 0.3 is 0 Å². The fraction of sp³-hybridized carbons (Fsp3) is 0.353. The Hall–Kier alpha value is -2.23. The van der Waals surface area contributed by atoms with Crippen LogP contribution in [0, 0.1) is 13.8 Å². The van der Waals surface area contributed by atoms with E-state index in [1.807, 2.05) is 26.0 Å². The maximum absolute atomic E-state index is 4.30. The van der Waals surface area contributed by atoms with Crippen LogP contribution in [-0.4, -0.2) is 28.0 Å². The van der Waals surface area contributed by atoms with Gasteiger partial charge in [0.15, 0.2) is 5.82 Å². The molecule has 4 heteroatoms. The number of benzene rings is 1. The Morgan fingerprint density at radius 1 is 0.857 bits per heavy atom. The highest BCUT2D eigenvalue weighted by Gasteiger charge is 2.00. The summed E-state index contributed by atoms with van der Waals surface area (Å²) in [6.07, 6.45) is 3.95. The SMILES string of the molecule is CCN(CC)c1ccc(C=Cc2nc(C)nc(C)n2)cc1. The quantitative estimate of drug-likeness (QED) is 0.841. The summed E-state index contributed by atoms with van der Waals surface area (Å²) in [5.41, 5.74) is 2.39. The van der Waals surface area contributed by atoms with Crippen LogP contribution in [0.5, 0.6) is 0 Å². The largest absolute Gasteiger partial charge is 0.372 e. The summed E-state index contributed by atoms with van der Waals surface area (Å²) in [6, 6.07) is 8.53. The molecule has 2 aromatic rings. The first-order valence-electron chi connectivity index (χ1n) is 7.34. The third kappa shape index (κ3) is 4.12. The van der Waals surface area contributed by atoms with Gasteiger partial charge in [-0.05, 0) is 51.5 Å². The van der Waals surface area contributed by atoms with Crippen molar-refractivity contribution in [1.29, 1.82) is 0 Å². The Kier molecular flexibility index (Phi) is 5.04. The summed E-state index contributed by atoms with van der Waals surface area (Å²) in [4.78, 5) is 15.1. The molecule has 0 spiro atoms. The fourth-order valence-corrected chi connectivity index (χ4v) is 2.27. The number of anilines is 1. The molecule has 1 aromatic carbocycles. The molecule has 2 rings (SSSR count). The lowest BCUT2D eigenvalue weighted by molar-refractivity contribution is 0.866. The molecule has 0 N–H and O–H groups in total. The minimum absolute atomic E-state index is 0.702. The first-order chi connectivity index (χ1) is 10.1. The summed E-state index contributed by atoms with van der Waals surface area (Å²) >= 11 is 0. The Bertz CT molecular complexity index is 593. The Morgan fingerprint density at radius 3 is 1.95 bits per heavy atom. The Morgan fingerprint density at radius 2 is 1.43 bits per heavy atom. The molecular formula is C17H22N4. The molecule has 0 bridgehead atoms. The van der Waals surface area contributed by atoms with Crippen LogP contribution >= 0.6 is 0 Å². The molecule has 0 unspecified atom stereocenters. The first-order valence-corrected chi connectivity index (χ1v) is 7.34. The van der Waals surface area contributed by atoms with Gasteiger partial charge in [-0.2, -0.15) is 0 Å². The van der Waals surface area contributed by atoms with Gasteiger partial charge in [0.25, 0.3) is 0 Å². The average molecular weight is 282 g/mol. The van der Waals surface area contributed by atoms with E-state index in [9.17, 15) is 0 Å². The van der Waals surface area contributed by atoms with Crippen LogP contribution in [-0.2, 0) is 0 Å². The van der Waals surface area contributed by atoms with Crippen molar-refractivity contribution in [3.05, 3.63) is 47.3 Å². The molecule has 0 aliphatic carbocycles. The van der Waals surface area contributed by atoms with E-state index in [-0.39, 0.29) is 0 Å². The molecule has 1 heterocycles. The second kappa shape index (κ2) is 6.97. The highest BCUT2D eigenvalue weighted by atomic mass is 15.1. The molecule has 0 aliphatic heterocycles. The van der Waals surface area contributed by atoms with Crippen molar-refractivity contribution in [3.63, 3.8) is 0 Å². The standard InChI is InChI=1S/C17H22N4/c1-5-21(6-2)16-10-7-15(8-11-16)9-12-17-19-13(3)18-14(4)20-17/h7-12H,5-6H2,1-4H3. The summed E-state index contributed by atoms with van der Waals surface area (Å²) in [7, 11) is 0. The maximum Gasteiger partial charge on any atom is 0.156 e. The van der Waals surface area contributed by atoms with Crippen LogP contribution in [0.25, 0.3) is 12.2 Å². The van der Waals surface area contributed by atoms with E-state index in [0.29, 0.717) is 5.82 Å². The van der Waals surface area contributed by atoms with Crippen molar-refractivity contribution in [2.75, 3.05) is 18.0 Å².